The van der Waals surface area contributed by atoms with Crippen LogP contribution in [-0.4, -0.2) is 20.4 Å². The van der Waals surface area contributed by atoms with E-state index in [0.717, 1.165) is 5.56 Å². The van der Waals surface area contributed by atoms with E-state index in [9.17, 15) is 9.18 Å². The highest BCUT2D eigenvalue weighted by atomic mass is 19.1. The van der Waals surface area contributed by atoms with Gasteiger partial charge in [-0.1, -0.05) is 6.07 Å². The molecule has 0 atom stereocenters. The van der Waals surface area contributed by atoms with Crippen molar-refractivity contribution in [2.75, 3.05) is 0 Å². The van der Waals surface area contributed by atoms with Gasteiger partial charge in [0.05, 0.1) is 23.5 Å². The fraction of sp³-hybridized carbons (Fsp3) is 0.0714. The van der Waals surface area contributed by atoms with Crippen LogP contribution < -0.4 is 0 Å². The maximum atomic E-state index is 13.3. The van der Waals surface area contributed by atoms with E-state index < -0.39 is 5.82 Å². The van der Waals surface area contributed by atoms with Crippen LogP contribution in [0.15, 0.2) is 43.0 Å². The van der Waals surface area contributed by atoms with Crippen molar-refractivity contribution in [2.24, 2.45) is 0 Å². The quantitative estimate of drug-likeness (QED) is 0.661. The standard InChI is InChI=1S/C14H10FN3O/c1-9-2-3-10(15)6-11(9)14(19)12-7-17-18-5-4-16-8-13(12)18/h2-8H,1H3. The van der Waals surface area contributed by atoms with E-state index in [0.29, 0.717) is 16.6 Å². The number of rotatable bonds is 2. The third kappa shape index (κ3) is 1.89. The molecule has 5 heteroatoms. The summed E-state index contributed by atoms with van der Waals surface area (Å²) in [5.41, 5.74) is 2.10. The van der Waals surface area contributed by atoms with Gasteiger partial charge < -0.3 is 0 Å². The molecular weight excluding hydrogens is 245 g/mol. The second-order valence-electron chi connectivity index (χ2n) is 4.25. The zero-order valence-corrected chi connectivity index (χ0v) is 10.2. The molecule has 0 amide bonds. The lowest BCUT2D eigenvalue weighted by molar-refractivity contribution is 0.103. The minimum atomic E-state index is -0.427. The van der Waals surface area contributed by atoms with Gasteiger partial charge in [0, 0.05) is 18.0 Å². The average molecular weight is 255 g/mol. The van der Waals surface area contributed by atoms with E-state index in [-0.39, 0.29) is 5.78 Å². The highest BCUT2D eigenvalue weighted by Crippen LogP contribution is 2.18. The molecule has 0 radical (unpaired) electrons. The first-order valence-electron chi connectivity index (χ1n) is 5.75. The Morgan fingerprint density at radius 1 is 1.26 bits per heavy atom. The monoisotopic (exact) mass is 255 g/mol. The molecule has 0 saturated carbocycles. The first-order chi connectivity index (χ1) is 9.16. The zero-order chi connectivity index (χ0) is 13.4. The van der Waals surface area contributed by atoms with Crippen LogP contribution in [0.25, 0.3) is 5.52 Å². The van der Waals surface area contributed by atoms with Crippen LogP contribution in [0.3, 0.4) is 0 Å². The van der Waals surface area contributed by atoms with Gasteiger partial charge in [0.1, 0.15) is 5.82 Å². The summed E-state index contributed by atoms with van der Waals surface area (Å²) < 4.78 is 14.8. The summed E-state index contributed by atoms with van der Waals surface area (Å²) in [7, 11) is 0. The van der Waals surface area contributed by atoms with Crippen LogP contribution in [0.2, 0.25) is 0 Å². The van der Waals surface area contributed by atoms with Crippen molar-refractivity contribution in [3.63, 3.8) is 0 Å². The predicted molar refractivity (Wildman–Crippen MR) is 67.6 cm³/mol. The Morgan fingerprint density at radius 2 is 2.11 bits per heavy atom. The molecular formula is C14H10FN3O. The van der Waals surface area contributed by atoms with Gasteiger partial charge in [-0.3, -0.25) is 9.78 Å². The Labute approximate surface area is 108 Å². The number of halogens is 1. The molecule has 0 bridgehead atoms. The van der Waals surface area contributed by atoms with Crippen LogP contribution in [0.4, 0.5) is 4.39 Å². The molecule has 0 aliphatic rings. The van der Waals surface area contributed by atoms with Gasteiger partial charge in [-0.05, 0) is 24.6 Å². The first kappa shape index (κ1) is 11.5. The highest BCUT2D eigenvalue weighted by molar-refractivity contribution is 6.13. The van der Waals surface area contributed by atoms with Crippen LogP contribution in [0.5, 0.6) is 0 Å². The third-order valence-electron chi connectivity index (χ3n) is 3.01. The molecule has 3 rings (SSSR count). The molecule has 0 aliphatic heterocycles. The average Bonchev–Trinajstić information content (AvgIpc) is 2.84. The smallest absolute Gasteiger partial charge is 0.197 e. The van der Waals surface area contributed by atoms with Crippen molar-refractivity contribution in [1.82, 2.24) is 14.6 Å². The molecule has 19 heavy (non-hydrogen) atoms. The second kappa shape index (κ2) is 4.28. The van der Waals surface area contributed by atoms with Gasteiger partial charge in [-0.25, -0.2) is 8.91 Å². The summed E-state index contributed by atoms with van der Waals surface area (Å²) in [6, 6.07) is 4.17. The minimum Gasteiger partial charge on any atom is -0.288 e. The Balaban J connectivity index is 2.16. The van der Waals surface area contributed by atoms with Crippen molar-refractivity contribution in [2.45, 2.75) is 6.92 Å². The highest BCUT2D eigenvalue weighted by Gasteiger charge is 2.17. The van der Waals surface area contributed by atoms with Gasteiger partial charge >= 0.3 is 0 Å². The number of hydrogen-bond acceptors (Lipinski definition) is 3. The van der Waals surface area contributed by atoms with Gasteiger partial charge in [-0.15, -0.1) is 0 Å². The molecule has 1 aromatic carbocycles. The Morgan fingerprint density at radius 3 is 2.95 bits per heavy atom. The predicted octanol–water partition coefficient (Wildman–Crippen LogP) is 2.41. The number of fused-ring (bicyclic) bond motifs is 1. The molecule has 0 saturated heterocycles. The molecule has 3 aromatic rings. The molecule has 0 spiro atoms. The molecule has 0 N–H and O–H groups in total. The number of carbonyl (C=O) groups is 1. The van der Waals surface area contributed by atoms with E-state index in [2.05, 4.69) is 10.1 Å². The van der Waals surface area contributed by atoms with Gasteiger partial charge in [0.15, 0.2) is 5.78 Å². The SMILES string of the molecule is Cc1ccc(F)cc1C(=O)c1cnn2ccncc12. The summed E-state index contributed by atoms with van der Waals surface area (Å²) in [6.45, 7) is 1.77. The maximum Gasteiger partial charge on any atom is 0.197 e. The summed E-state index contributed by atoms with van der Waals surface area (Å²) in [6.07, 6.45) is 6.28. The second-order valence-corrected chi connectivity index (χ2v) is 4.25. The van der Waals surface area contributed by atoms with Crippen molar-refractivity contribution in [1.29, 1.82) is 0 Å². The summed E-state index contributed by atoms with van der Waals surface area (Å²) >= 11 is 0. The van der Waals surface area contributed by atoms with E-state index in [1.807, 2.05) is 0 Å². The number of carbonyl (C=O) groups excluding carboxylic acids is 1. The van der Waals surface area contributed by atoms with Crippen molar-refractivity contribution >= 4 is 11.3 Å². The molecule has 2 aromatic heterocycles. The molecule has 2 heterocycles. The number of nitrogens with zero attached hydrogens (tertiary/aromatic N) is 3. The Kier molecular flexibility index (Phi) is 2.59. The lowest BCUT2D eigenvalue weighted by atomic mass is 10.0. The first-order valence-corrected chi connectivity index (χ1v) is 5.75. The van der Waals surface area contributed by atoms with Crippen LogP contribution in [0.1, 0.15) is 21.5 Å². The summed E-state index contributed by atoms with van der Waals surface area (Å²) in [5.74, 6) is -0.677. The molecule has 94 valence electrons. The number of benzene rings is 1. The van der Waals surface area contributed by atoms with Gasteiger partial charge in [0.25, 0.3) is 0 Å². The van der Waals surface area contributed by atoms with Crippen molar-refractivity contribution < 1.29 is 9.18 Å². The van der Waals surface area contributed by atoms with Crippen LogP contribution in [0, 0.1) is 12.7 Å². The molecule has 0 unspecified atom stereocenters. The topological polar surface area (TPSA) is 47.3 Å². The van der Waals surface area contributed by atoms with Crippen molar-refractivity contribution in [3.8, 4) is 0 Å². The normalized spacial score (nSPS) is 10.8. The van der Waals surface area contributed by atoms with E-state index in [1.165, 1.54) is 18.3 Å². The summed E-state index contributed by atoms with van der Waals surface area (Å²) in [5, 5.41) is 4.08. The van der Waals surface area contributed by atoms with Crippen LogP contribution in [-0.2, 0) is 0 Å². The van der Waals surface area contributed by atoms with E-state index in [1.54, 1.807) is 36.1 Å². The maximum absolute atomic E-state index is 13.3. The number of aryl methyl sites for hydroxylation is 1. The van der Waals surface area contributed by atoms with Gasteiger partial charge in [0.2, 0.25) is 0 Å². The molecule has 0 fully saturated rings. The van der Waals surface area contributed by atoms with Crippen LogP contribution >= 0.6 is 0 Å². The van der Waals surface area contributed by atoms with Crippen molar-refractivity contribution in [3.05, 3.63) is 65.5 Å². The number of ketones is 1. The Hall–Kier alpha value is -2.56. The molecule has 4 nitrogen and oxygen atoms in total. The zero-order valence-electron chi connectivity index (χ0n) is 10.2. The fourth-order valence-electron chi connectivity index (χ4n) is 1.99. The number of hydrogen-bond donors (Lipinski definition) is 0. The lowest BCUT2D eigenvalue weighted by Crippen LogP contribution is -2.04. The number of aromatic nitrogens is 3. The summed E-state index contributed by atoms with van der Waals surface area (Å²) in [4.78, 5) is 16.4. The minimum absolute atomic E-state index is 0.250. The fourth-order valence-corrected chi connectivity index (χ4v) is 1.99. The Bertz CT molecular complexity index is 779. The third-order valence-corrected chi connectivity index (χ3v) is 3.01. The van der Waals surface area contributed by atoms with Gasteiger partial charge in [-0.2, -0.15) is 5.10 Å². The molecule has 0 aliphatic carbocycles. The van der Waals surface area contributed by atoms with E-state index in [4.69, 9.17) is 0 Å². The lowest BCUT2D eigenvalue weighted by Gasteiger charge is -2.03. The van der Waals surface area contributed by atoms with E-state index >= 15 is 0 Å². The largest absolute Gasteiger partial charge is 0.288 e.